The molecule has 0 spiro atoms. The van der Waals surface area contributed by atoms with Crippen LogP contribution in [0.2, 0.25) is 5.02 Å². The molecule has 0 bridgehead atoms. The Labute approximate surface area is 112 Å². The quantitative estimate of drug-likeness (QED) is 0.674. The molecule has 5 heteroatoms. The van der Waals surface area contributed by atoms with Gasteiger partial charge in [-0.25, -0.2) is 0 Å². The van der Waals surface area contributed by atoms with Gasteiger partial charge in [-0.15, -0.1) is 0 Å². The van der Waals surface area contributed by atoms with E-state index in [1.165, 1.54) is 12.1 Å². The molecule has 1 rings (SSSR count). The first kappa shape index (κ1) is 14.9. The van der Waals surface area contributed by atoms with Crippen molar-refractivity contribution < 1.29 is 4.92 Å². The summed E-state index contributed by atoms with van der Waals surface area (Å²) in [6.45, 7) is 6.44. The highest BCUT2D eigenvalue weighted by Crippen LogP contribution is 2.27. The van der Waals surface area contributed by atoms with Gasteiger partial charge in [-0.1, -0.05) is 38.4 Å². The minimum absolute atomic E-state index is 0.0283. The van der Waals surface area contributed by atoms with E-state index >= 15 is 0 Å². The van der Waals surface area contributed by atoms with Crippen molar-refractivity contribution in [3.8, 4) is 0 Å². The summed E-state index contributed by atoms with van der Waals surface area (Å²) in [6.07, 6.45) is 0.747. The number of likely N-dealkylation sites (N-methyl/N-ethyl adjacent to an activating group) is 1. The molecule has 100 valence electrons. The Morgan fingerprint density at radius 2 is 2.06 bits per heavy atom. The summed E-state index contributed by atoms with van der Waals surface area (Å²) < 4.78 is 0. The summed E-state index contributed by atoms with van der Waals surface area (Å²) in [6, 6.07) is 4.90. The zero-order chi connectivity index (χ0) is 13.9. The molecule has 4 nitrogen and oxygen atoms in total. The number of halogens is 1. The van der Waals surface area contributed by atoms with E-state index in [9.17, 15) is 10.1 Å². The largest absolute Gasteiger partial charge is 0.316 e. The number of nitro groups is 1. The second-order valence-corrected chi connectivity index (χ2v) is 5.85. The number of rotatable bonds is 4. The molecule has 0 aliphatic rings. The van der Waals surface area contributed by atoms with Crippen molar-refractivity contribution in [3.63, 3.8) is 0 Å². The Hall–Kier alpha value is -1.13. The molecule has 0 radical (unpaired) electrons. The molecule has 1 unspecified atom stereocenters. The normalized spacial score (nSPS) is 13.4. The van der Waals surface area contributed by atoms with Crippen LogP contribution in [0.5, 0.6) is 0 Å². The van der Waals surface area contributed by atoms with Crippen molar-refractivity contribution in [2.45, 2.75) is 33.2 Å². The number of hydrogen-bond acceptors (Lipinski definition) is 3. The van der Waals surface area contributed by atoms with Crippen LogP contribution in [-0.4, -0.2) is 18.0 Å². The lowest BCUT2D eigenvalue weighted by Gasteiger charge is -2.30. The topological polar surface area (TPSA) is 55.2 Å². The zero-order valence-corrected chi connectivity index (χ0v) is 11.9. The lowest BCUT2D eigenvalue weighted by atomic mass is 9.83. The molecular weight excluding hydrogens is 252 g/mol. The van der Waals surface area contributed by atoms with E-state index in [1.807, 2.05) is 7.05 Å². The van der Waals surface area contributed by atoms with E-state index in [4.69, 9.17) is 11.6 Å². The van der Waals surface area contributed by atoms with Crippen LogP contribution in [0, 0.1) is 15.5 Å². The third-order valence-electron chi connectivity index (χ3n) is 3.07. The average molecular weight is 271 g/mol. The first-order chi connectivity index (χ1) is 8.25. The molecule has 0 saturated carbocycles. The van der Waals surface area contributed by atoms with Crippen LogP contribution >= 0.6 is 11.6 Å². The summed E-state index contributed by atoms with van der Waals surface area (Å²) >= 11 is 6.09. The summed E-state index contributed by atoms with van der Waals surface area (Å²) in [5.74, 6) is 0. The third kappa shape index (κ3) is 3.68. The number of nitro benzene ring substituents is 1. The highest BCUT2D eigenvalue weighted by atomic mass is 35.5. The van der Waals surface area contributed by atoms with E-state index in [-0.39, 0.29) is 17.1 Å². The van der Waals surface area contributed by atoms with Crippen LogP contribution in [0.15, 0.2) is 18.2 Å². The van der Waals surface area contributed by atoms with Crippen molar-refractivity contribution >= 4 is 17.3 Å². The van der Waals surface area contributed by atoms with Gasteiger partial charge in [0.15, 0.2) is 0 Å². The van der Waals surface area contributed by atoms with Crippen molar-refractivity contribution in [1.82, 2.24) is 5.32 Å². The molecule has 0 aliphatic carbocycles. The van der Waals surface area contributed by atoms with E-state index in [0.29, 0.717) is 5.02 Å². The van der Waals surface area contributed by atoms with Gasteiger partial charge in [-0.2, -0.15) is 0 Å². The van der Waals surface area contributed by atoms with Gasteiger partial charge >= 0.3 is 0 Å². The first-order valence-corrected chi connectivity index (χ1v) is 6.23. The molecule has 0 aliphatic heterocycles. The maximum Gasteiger partial charge on any atom is 0.270 e. The summed E-state index contributed by atoms with van der Waals surface area (Å²) in [4.78, 5) is 10.2. The summed E-state index contributed by atoms with van der Waals surface area (Å²) in [7, 11) is 1.91. The van der Waals surface area contributed by atoms with Crippen LogP contribution in [0.4, 0.5) is 5.69 Å². The molecular formula is C13H19ClN2O2. The SMILES string of the molecule is CNC(Cc1ccc([N+](=O)[O-])cc1Cl)C(C)(C)C. The Bertz CT molecular complexity index is 441. The fourth-order valence-corrected chi connectivity index (χ4v) is 2.13. The Morgan fingerprint density at radius 1 is 1.44 bits per heavy atom. The standard InChI is InChI=1S/C13H19ClN2O2/c1-13(2,3)12(15-4)7-9-5-6-10(16(17)18)8-11(9)14/h5-6,8,12,15H,7H2,1-4H3. The minimum atomic E-state index is -0.436. The van der Waals surface area contributed by atoms with Gasteiger partial charge < -0.3 is 5.32 Å². The number of nitrogens with one attached hydrogen (secondary N) is 1. The lowest BCUT2D eigenvalue weighted by molar-refractivity contribution is -0.384. The molecule has 1 aromatic carbocycles. The Kier molecular flexibility index (Phi) is 4.71. The molecule has 0 fully saturated rings. The molecule has 0 heterocycles. The molecule has 1 atom stereocenters. The van der Waals surface area contributed by atoms with Crippen LogP contribution in [0.1, 0.15) is 26.3 Å². The van der Waals surface area contributed by atoms with Crippen LogP contribution in [0.25, 0.3) is 0 Å². The van der Waals surface area contributed by atoms with E-state index in [0.717, 1.165) is 12.0 Å². The van der Waals surface area contributed by atoms with E-state index in [1.54, 1.807) is 6.07 Å². The Balaban J connectivity index is 2.95. The smallest absolute Gasteiger partial charge is 0.270 e. The molecule has 18 heavy (non-hydrogen) atoms. The maximum absolute atomic E-state index is 10.6. The predicted molar refractivity (Wildman–Crippen MR) is 74.1 cm³/mol. The van der Waals surface area contributed by atoms with Crippen LogP contribution in [0.3, 0.4) is 0 Å². The van der Waals surface area contributed by atoms with Gasteiger partial charge in [0.2, 0.25) is 0 Å². The second kappa shape index (κ2) is 5.67. The Morgan fingerprint density at radius 3 is 2.44 bits per heavy atom. The van der Waals surface area contributed by atoms with Gasteiger partial charge in [0.1, 0.15) is 0 Å². The highest BCUT2D eigenvalue weighted by molar-refractivity contribution is 6.31. The van der Waals surface area contributed by atoms with Gasteiger partial charge in [-0.05, 0) is 24.4 Å². The van der Waals surface area contributed by atoms with Gasteiger partial charge in [0.25, 0.3) is 5.69 Å². The van der Waals surface area contributed by atoms with E-state index in [2.05, 4.69) is 26.1 Å². The van der Waals surface area contributed by atoms with Crippen molar-refractivity contribution in [3.05, 3.63) is 38.9 Å². The predicted octanol–water partition coefficient (Wildman–Crippen LogP) is 3.42. The number of non-ortho nitro benzene ring substituents is 1. The molecule has 1 N–H and O–H groups in total. The molecule has 1 aromatic rings. The molecule has 0 saturated heterocycles. The molecule has 0 aromatic heterocycles. The second-order valence-electron chi connectivity index (χ2n) is 5.44. The molecule has 0 amide bonds. The van der Waals surface area contributed by atoms with Gasteiger partial charge in [-0.3, -0.25) is 10.1 Å². The third-order valence-corrected chi connectivity index (χ3v) is 3.42. The van der Waals surface area contributed by atoms with Crippen molar-refractivity contribution in [2.24, 2.45) is 5.41 Å². The first-order valence-electron chi connectivity index (χ1n) is 5.85. The lowest BCUT2D eigenvalue weighted by Crippen LogP contribution is -2.39. The number of nitrogens with zero attached hydrogens (tertiary/aromatic N) is 1. The van der Waals surface area contributed by atoms with Crippen LogP contribution < -0.4 is 5.32 Å². The number of benzene rings is 1. The van der Waals surface area contributed by atoms with Gasteiger partial charge in [0, 0.05) is 18.2 Å². The fraction of sp³-hybridized carbons (Fsp3) is 0.538. The average Bonchev–Trinajstić information content (AvgIpc) is 2.25. The number of hydrogen-bond donors (Lipinski definition) is 1. The summed E-state index contributed by atoms with van der Waals surface area (Å²) in [5.41, 5.74) is 1.05. The monoisotopic (exact) mass is 270 g/mol. The van der Waals surface area contributed by atoms with Crippen LogP contribution in [-0.2, 0) is 6.42 Å². The minimum Gasteiger partial charge on any atom is -0.316 e. The van der Waals surface area contributed by atoms with Gasteiger partial charge in [0.05, 0.1) is 9.95 Å². The summed E-state index contributed by atoms with van der Waals surface area (Å²) in [5, 5.41) is 14.4. The maximum atomic E-state index is 10.6. The van der Waals surface area contributed by atoms with E-state index < -0.39 is 4.92 Å². The zero-order valence-electron chi connectivity index (χ0n) is 11.2. The van der Waals surface area contributed by atoms with Crippen molar-refractivity contribution in [1.29, 1.82) is 0 Å². The fourth-order valence-electron chi connectivity index (χ4n) is 1.88. The highest BCUT2D eigenvalue weighted by Gasteiger charge is 2.24. The van der Waals surface area contributed by atoms with Crippen molar-refractivity contribution in [2.75, 3.05) is 7.05 Å².